The van der Waals surface area contributed by atoms with Gasteiger partial charge in [0, 0.05) is 11.8 Å². The molecule has 2 amide bonds. The fraction of sp³-hybridized carbons (Fsp3) is 0.167. The molecule has 0 radical (unpaired) electrons. The Morgan fingerprint density at radius 2 is 1.00 bits per heavy atom. The molecule has 136 valence electrons. The molecule has 0 saturated carbocycles. The second-order valence-electron chi connectivity index (χ2n) is 7.73. The van der Waals surface area contributed by atoms with Crippen molar-refractivity contribution in [3.63, 3.8) is 0 Å². The lowest BCUT2D eigenvalue weighted by molar-refractivity contribution is -0.122. The molecule has 3 aromatic rings. The largest absolute Gasteiger partial charge is 0.274 e. The molecular weight excluding hydrogens is 353 g/mol. The molecule has 3 nitrogen and oxygen atoms in total. The van der Waals surface area contributed by atoms with Gasteiger partial charge in [-0.2, -0.15) is 0 Å². The van der Waals surface area contributed by atoms with Crippen LogP contribution in [0.2, 0.25) is 0 Å². The van der Waals surface area contributed by atoms with E-state index >= 15 is 0 Å². The Morgan fingerprint density at radius 1 is 0.607 bits per heavy atom. The minimum atomic E-state index is -0.551. The van der Waals surface area contributed by atoms with Crippen molar-refractivity contribution in [1.29, 1.82) is 0 Å². The summed E-state index contributed by atoms with van der Waals surface area (Å²) in [6.45, 7) is 0. The highest BCUT2D eigenvalue weighted by Gasteiger charge is 2.61. The minimum absolute atomic E-state index is 0.0550. The molecule has 0 unspecified atom stereocenters. The monoisotopic (exact) mass is 369 g/mol. The Balaban J connectivity index is 1.59. The molecule has 2 bridgehead atoms. The third-order valence-electron chi connectivity index (χ3n) is 6.54. The van der Waals surface area contributed by atoms with Gasteiger partial charge in [0.2, 0.25) is 11.8 Å². The minimum Gasteiger partial charge on any atom is -0.274 e. The van der Waals surface area contributed by atoms with Crippen LogP contribution in [-0.2, 0) is 9.59 Å². The summed E-state index contributed by atoms with van der Waals surface area (Å²) in [7, 11) is 0. The van der Waals surface area contributed by atoms with Crippen LogP contribution in [0.3, 0.4) is 0 Å². The number of benzene rings is 3. The molecule has 4 aliphatic rings. The zero-order valence-electron chi connectivity index (χ0n) is 14.9. The van der Waals surface area contributed by atoms with Gasteiger partial charge in [-0.3, -0.25) is 9.59 Å². The summed E-state index contributed by atoms with van der Waals surface area (Å²) in [5.74, 6) is -2.45. The third-order valence-corrected chi connectivity index (χ3v) is 6.54. The number of imide groups is 1. The van der Waals surface area contributed by atoms with Crippen LogP contribution < -0.4 is 4.90 Å². The van der Waals surface area contributed by atoms with E-state index in [0.717, 1.165) is 27.2 Å². The first kappa shape index (κ1) is 15.8. The molecule has 3 aliphatic carbocycles. The Hall–Kier alpha value is -3.27. The standard InChI is InChI=1S/C24H16FNO2/c25-17-11-5-6-12-18(17)26-23(27)21-19-13-7-1-2-8-14(13)20(22(21)24(26)28)16-10-4-3-9-15(16)19/h1-12,19-22H/t19?,20?,21-,22+. The summed E-state index contributed by atoms with van der Waals surface area (Å²) in [6, 6.07) is 22.2. The molecule has 0 N–H and O–H groups in total. The van der Waals surface area contributed by atoms with E-state index < -0.39 is 17.7 Å². The summed E-state index contributed by atoms with van der Waals surface area (Å²) in [5.41, 5.74) is 4.51. The van der Waals surface area contributed by atoms with Crippen LogP contribution in [-0.4, -0.2) is 11.8 Å². The van der Waals surface area contributed by atoms with Crippen molar-refractivity contribution < 1.29 is 14.0 Å². The van der Waals surface area contributed by atoms with Crippen molar-refractivity contribution in [3.8, 4) is 0 Å². The van der Waals surface area contributed by atoms with Gasteiger partial charge in [0.05, 0.1) is 17.5 Å². The van der Waals surface area contributed by atoms with Gasteiger partial charge >= 0.3 is 0 Å². The Morgan fingerprint density at radius 3 is 1.43 bits per heavy atom. The molecule has 28 heavy (non-hydrogen) atoms. The number of halogens is 1. The second kappa shape index (κ2) is 5.38. The number of anilines is 1. The van der Waals surface area contributed by atoms with Crippen molar-refractivity contribution in [2.45, 2.75) is 11.8 Å². The maximum Gasteiger partial charge on any atom is 0.238 e. The van der Waals surface area contributed by atoms with Crippen LogP contribution in [0, 0.1) is 17.7 Å². The van der Waals surface area contributed by atoms with Gasteiger partial charge in [-0.05, 0) is 34.4 Å². The first-order chi connectivity index (χ1) is 13.7. The molecule has 4 heteroatoms. The maximum absolute atomic E-state index is 14.5. The zero-order chi connectivity index (χ0) is 19.0. The van der Waals surface area contributed by atoms with Crippen molar-refractivity contribution in [2.75, 3.05) is 4.90 Å². The highest BCUT2D eigenvalue weighted by atomic mass is 19.1. The number of carbonyl (C=O) groups excluding carboxylic acids is 2. The zero-order valence-corrected chi connectivity index (χ0v) is 14.9. The van der Waals surface area contributed by atoms with Crippen molar-refractivity contribution in [3.05, 3.63) is 101 Å². The lowest BCUT2D eigenvalue weighted by Gasteiger charge is -2.45. The lowest BCUT2D eigenvalue weighted by atomic mass is 9.55. The highest BCUT2D eigenvalue weighted by molar-refractivity contribution is 6.23. The van der Waals surface area contributed by atoms with E-state index in [2.05, 4.69) is 24.3 Å². The van der Waals surface area contributed by atoms with Crippen LogP contribution in [0.15, 0.2) is 72.8 Å². The van der Waals surface area contributed by atoms with Gasteiger partial charge < -0.3 is 0 Å². The summed E-state index contributed by atoms with van der Waals surface area (Å²) in [4.78, 5) is 28.0. The van der Waals surface area contributed by atoms with Crippen LogP contribution in [0.1, 0.15) is 34.1 Å². The molecule has 3 aromatic carbocycles. The van der Waals surface area contributed by atoms with Gasteiger partial charge in [-0.1, -0.05) is 60.7 Å². The number of para-hydroxylation sites is 1. The van der Waals surface area contributed by atoms with Crippen molar-refractivity contribution in [1.82, 2.24) is 0 Å². The quantitative estimate of drug-likeness (QED) is 0.602. The van der Waals surface area contributed by atoms with E-state index in [1.54, 1.807) is 12.1 Å². The third kappa shape index (κ3) is 1.78. The van der Waals surface area contributed by atoms with E-state index in [0.29, 0.717) is 0 Å². The maximum atomic E-state index is 14.5. The van der Waals surface area contributed by atoms with E-state index in [9.17, 15) is 14.0 Å². The normalized spacial score (nSPS) is 26.8. The Labute approximate surface area is 161 Å². The first-order valence-corrected chi connectivity index (χ1v) is 9.48. The molecule has 2 atom stereocenters. The van der Waals surface area contributed by atoms with Crippen LogP contribution in [0.4, 0.5) is 10.1 Å². The number of hydrogen-bond donors (Lipinski definition) is 0. The van der Waals surface area contributed by atoms with Crippen LogP contribution in [0.25, 0.3) is 0 Å². The second-order valence-corrected chi connectivity index (χ2v) is 7.73. The SMILES string of the molecule is O=C1[C@@H]2C3c4ccccc4C(c4ccccc43)[C@@H]2C(=O)N1c1ccccc1F. The molecule has 0 spiro atoms. The number of hydrogen-bond acceptors (Lipinski definition) is 2. The fourth-order valence-electron chi connectivity index (χ4n) is 5.55. The Kier molecular flexibility index (Phi) is 3.03. The predicted octanol–water partition coefficient (Wildman–Crippen LogP) is 4.22. The molecule has 7 rings (SSSR count). The molecular formula is C24H16FNO2. The predicted molar refractivity (Wildman–Crippen MR) is 102 cm³/mol. The van der Waals surface area contributed by atoms with E-state index in [-0.39, 0.29) is 29.3 Å². The number of rotatable bonds is 1. The molecule has 1 saturated heterocycles. The lowest BCUT2D eigenvalue weighted by Crippen LogP contribution is -2.41. The van der Waals surface area contributed by atoms with Gasteiger partial charge in [0.15, 0.2) is 0 Å². The molecule has 1 aliphatic heterocycles. The first-order valence-electron chi connectivity index (χ1n) is 9.48. The highest BCUT2D eigenvalue weighted by Crippen LogP contribution is 2.61. The topological polar surface area (TPSA) is 37.4 Å². The van der Waals surface area contributed by atoms with Crippen LogP contribution >= 0.6 is 0 Å². The average molecular weight is 369 g/mol. The number of nitrogens with zero attached hydrogens (tertiary/aromatic N) is 1. The summed E-state index contributed by atoms with van der Waals surface area (Å²) >= 11 is 0. The van der Waals surface area contributed by atoms with Crippen molar-refractivity contribution >= 4 is 17.5 Å². The molecule has 0 aromatic heterocycles. The molecule has 1 fully saturated rings. The fourth-order valence-corrected chi connectivity index (χ4v) is 5.55. The smallest absolute Gasteiger partial charge is 0.238 e. The van der Waals surface area contributed by atoms with Crippen molar-refractivity contribution in [2.24, 2.45) is 11.8 Å². The van der Waals surface area contributed by atoms with Crippen LogP contribution in [0.5, 0.6) is 0 Å². The van der Waals surface area contributed by atoms with Gasteiger partial charge in [-0.15, -0.1) is 0 Å². The van der Waals surface area contributed by atoms with Gasteiger partial charge in [-0.25, -0.2) is 9.29 Å². The summed E-state index contributed by atoms with van der Waals surface area (Å²) < 4.78 is 14.5. The van der Waals surface area contributed by atoms with Gasteiger partial charge in [0.1, 0.15) is 5.82 Å². The summed E-state index contributed by atoms with van der Waals surface area (Å²) in [6.07, 6.45) is 0. The van der Waals surface area contributed by atoms with E-state index in [1.807, 2.05) is 24.3 Å². The number of carbonyl (C=O) groups is 2. The van der Waals surface area contributed by atoms with Gasteiger partial charge in [0.25, 0.3) is 0 Å². The van der Waals surface area contributed by atoms with E-state index in [4.69, 9.17) is 0 Å². The summed E-state index contributed by atoms with van der Waals surface area (Å²) in [5, 5.41) is 0. The number of amides is 2. The van der Waals surface area contributed by atoms with E-state index in [1.165, 1.54) is 12.1 Å². The molecule has 1 heterocycles. The average Bonchev–Trinajstić information content (AvgIpc) is 2.99. The Bertz CT molecular complexity index is 1060.